The van der Waals surface area contributed by atoms with Crippen molar-refractivity contribution >= 4 is 53.2 Å². The predicted molar refractivity (Wildman–Crippen MR) is 361 cm³/mol. The van der Waals surface area contributed by atoms with E-state index in [0.717, 1.165) is 32.1 Å². The minimum atomic E-state index is -1.54. The van der Waals surface area contributed by atoms with Crippen LogP contribution in [0.5, 0.6) is 0 Å². The van der Waals surface area contributed by atoms with Gasteiger partial charge in [0, 0.05) is 96.5 Å². The fraction of sp³-hybridized carbons (Fsp3) is 0.864. The second-order valence-corrected chi connectivity index (χ2v) is 26.4. The van der Waals surface area contributed by atoms with Crippen molar-refractivity contribution in [3.63, 3.8) is 0 Å². The normalized spacial score (nSPS) is 28.3. The van der Waals surface area contributed by atoms with Crippen LogP contribution in [0, 0.1) is 17.8 Å². The Morgan fingerprint density at radius 1 is 0.394 bits per heavy atom. The Labute approximate surface area is 605 Å². The van der Waals surface area contributed by atoms with Gasteiger partial charge in [0.1, 0.15) is 60.7 Å². The first-order valence-corrected chi connectivity index (χ1v) is 36.0. The third kappa shape index (κ3) is 33.7. The maximum Gasteiger partial charge on any atom is 0.242 e. The van der Waals surface area contributed by atoms with Gasteiger partial charge in [0.05, 0.1) is 111 Å². The van der Waals surface area contributed by atoms with Crippen LogP contribution in [-0.2, 0) is 85.8 Å². The third-order valence-electron chi connectivity index (χ3n) is 18.0. The molecule has 0 aromatic heterocycles. The molecule has 4 fully saturated rings. The summed E-state index contributed by atoms with van der Waals surface area (Å²) in [5, 5.41) is 136. The van der Waals surface area contributed by atoms with Crippen LogP contribution in [0.15, 0.2) is 0 Å². The summed E-state index contributed by atoms with van der Waals surface area (Å²) in [6, 6.07) is -6.33. The highest BCUT2D eigenvalue weighted by Crippen LogP contribution is 2.27. The first-order chi connectivity index (χ1) is 49.8. The van der Waals surface area contributed by atoms with Crippen LogP contribution in [0.4, 0.5) is 0 Å². The van der Waals surface area contributed by atoms with E-state index in [4.69, 9.17) is 42.6 Å². The van der Waals surface area contributed by atoms with E-state index < -0.39 is 183 Å². The van der Waals surface area contributed by atoms with Crippen molar-refractivity contribution in [1.29, 1.82) is 0 Å². The Bertz CT molecular complexity index is 2540. The zero-order valence-electron chi connectivity index (χ0n) is 59.9. The van der Waals surface area contributed by atoms with E-state index in [1.165, 1.54) is 20.8 Å². The van der Waals surface area contributed by atoms with E-state index in [0.29, 0.717) is 38.5 Å². The van der Waals surface area contributed by atoms with Crippen LogP contribution in [0.25, 0.3) is 0 Å². The molecule has 4 aliphatic rings. The molecule has 0 bridgehead atoms. The van der Waals surface area contributed by atoms with Gasteiger partial charge >= 0.3 is 0 Å². The largest absolute Gasteiger partial charge is 0.396 e. The number of carbonyl (C=O) groups excluding carboxylic acids is 9. The number of hydrogen-bond acceptors (Lipinski definition) is 29. The predicted octanol–water partition coefficient (Wildman–Crippen LogP) is -7.56. The average molecular weight is 1500 g/mol. The standard InChI is InChI=1S/C66H117N9O29/c1-38(80)70-53-59(91)56(88)42(33-77)36-102-64(53)99-27-24-96-21-18-67-49(84)16-14-45(62(94)68-20-23-98-26-29-101-66-55(72-40(3)82)61(93)58(90)48(35-79)104-66)75-52(87)17-15-46(63(95)69-19-22-97-25-28-100-65-54(71-39(2)81)60(92)57(89)43(34-78)37-103-65)74-51(86)13-11-9-7-5-4-6-8-10-12-50(85)73-44-30-41(32-76)47(83)31-44/h41-48,53-61,64-66,76-79,83,88-93H,4-37H2,1-3H3,(H,67,84)(H,68,94)(H,69,95)(H,70,80)(H,71,81)(H,72,82)(H,73,85)(H,74,86)(H,75,87). The summed E-state index contributed by atoms with van der Waals surface area (Å²) < 4.78 is 50.8. The molecule has 20 atom stereocenters. The van der Waals surface area contributed by atoms with Gasteiger partial charge in [-0.1, -0.05) is 38.5 Å². The Hall–Kier alpha value is -5.57. The van der Waals surface area contributed by atoms with Gasteiger partial charge in [-0.15, -0.1) is 0 Å². The molecule has 3 heterocycles. The fourth-order valence-electron chi connectivity index (χ4n) is 12.2. The molecule has 0 aromatic rings. The quantitative estimate of drug-likeness (QED) is 0.0252. The molecule has 20 N–H and O–H groups in total. The topological polar surface area (TPSA) is 568 Å². The van der Waals surface area contributed by atoms with Gasteiger partial charge in [-0.25, -0.2) is 0 Å². The molecule has 3 aliphatic heterocycles. The number of aliphatic hydroxyl groups is 11. The fourth-order valence-corrected chi connectivity index (χ4v) is 12.2. The number of aliphatic hydroxyl groups excluding tert-OH is 11. The lowest BCUT2D eigenvalue weighted by molar-refractivity contribution is -0.272. The minimum Gasteiger partial charge on any atom is -0.396 e. The molecule has 38 heteroatoms. The second-order valence-electron chi connectivity index (χ2n) is 26.4. The SMILES string of the molecule is CC(=O)NC1C(OCCOCCNC(=O)CCC(NC(=O)CCC(NC(=O)CCCCCCCCCCC(=O)NC2CC(O)C(CO)C2)C(=O)NCCOCCOC2OCC(CO)C(O)C(O)C2NC(C)=O)C(=O)NCCOCCOC2OC(CO)C(O)C(O)C2NC(C)=O)OCC(CO)C(O)C1O. The van der Waals surface area contributed by atoms with Crippen molar-refractivity contribution in [1.82, 2.24) is 47.9 Å². The number of carbonyl (C=O) groups is 9. The van der Waals surface area contributed by atoms with Gasteiger partial charge in [-0.05, 0) is 38.5 Å². The highest BCUT2D eigenvalue weighted by atomic mass is 16.7. The van der Waals surface area contributed by atoms with E-state index in [9.17, 15) is 99.3 Å². The summed E-state index contributed by atoms with van der Waals surface area (Å²) >= 11 is 0. The van der Waals surface area contributed by atoms with E-state index in [2.05, 4.69) is 47.9 Å². The minimum absolute atomic E-state index is 0.0161. The molecule has 0 aromatic carbocycles. The lowest BCUT2D eigenvalue weighted by Crippen LogP contribution is -2.64. The van der Waals surface area contributed by atoms with Crippen LogP contribution in [0.3, 0.4) is 0 Å². The van der Waals surface area contributed by atoms with E-state index in [-0.39, 0.29) is 142 Å². The molecule has 4 rings (SSSR count). The summed E-state index contributed by atoms with van der Waals surface area (Å²) in [6.07, 6.45) is -8.13. The number of nitrogens with one attached hydrogen (secondary N) is 9. The number of ether oxygens (including phenoxy) is 9. The molecule has 0 radical (unpaired) electrons. The zero-order chi connectivity index (χ0) is 76.5. The number of amides is 9. The van der Waals surface area contributed by atoms with E-state index in [1.54, 1.807) is 0 Å². The molecular weight excluding hydrogens is 1380 g/mol. The molecule has 600 valence electrons. The monoisotopic (exact) mass is 1500 g/mol. The summed E-state index contributed by atoms with van der Waals surface area (Å²) in [7, 11) is 0. The van der Waals surface area contributed by atoms with Crippen LogP contribution in [0.1, 0.15) is 124 Å². The Kier molecular flexibility index (Phi) is 44.4. The van der Waals surface area contributed by atoms with Crippen molar-refractivity contribution in [3.8, 4) is 0 Å². The lowest BCUT2D eigenvalue weighted by atomic mass is 9.96. The van der Waals surface area contributed by atoms with Gasteiger partial charge in [0.2, 0.25) is 53.2 Å². The van der Waals surface area contributed by atoms with Crippen molar-refractivity contribution in [3.05, 3.63) is 0 Å². The number of hydrogen-bond donors (Lipinski definition) is 20. The molecule has 104 heavy (non-hydrogen) atoms. The number of rotatable bonds is 50. The Morgan fingerprint density at radius 3 is 1.20 bits per heavy atom. The average Bonchev–Trinajstić information content (AvgIpc) is 0.846. The Balaban J connectivity index is 1.33. The Morgan fingerprint density at radius 2 is 0.779 bits per heavy atom. The zero-order valence-corrected chi connectivity index (χ0v) is 59.9. The van der Waals surface area contributed by atoms with Crippen molar-refractivity contribution in [2.45, 2.75) is 227 Å². The van der Waals surface area contributed by atoms with Crippen molar-refractivity contribution < 1.29 is 142 Å². The first kappa shape index (κ1) is 90.8. The smallest absolute Gasteiger partial charge is 0.242 e. The third-order valence-corrected chi connectivity index (χ3v) is 18.0. The van der Waals surface area contributed by atoms with Gasteiger partial charge in [0.25, 0.3) is 0 Å². The highest BCUT2D eigenvalue weighted by molar-refractivity contribution is 5.90. The van der Waals surface area contributed by atoms with Gasteiger partial charge < -0.3 is 147 Å². The number of unbranched alkanes of at least 4 members (excludes halogenated alkanes) is 7. The highest BCUT2D eigenvalue weighted by Gasteiger charge is 2.47. The molecule has 1 aliphatic carbocycles. The summed E-state index contributed by atoms with van der Waals surface area (Å²) in [4.78, 5) is 116. The molecule has 20 unspecified atom stereocenters. The van der Waals surface area contributed by atoms with Crippen molar-refractivity contribution in [2.75, 3.05) is 119 Å². The maximum atomic E-state index is 13.8. The van der Waals surface area contributed by atoms with Crippen molar-refractivity contribution in [2.24, 2.45) is 17.8 Å². The lowest BCUT2D eigenvalue weighted by Gasteiger charge is -2.42. The van der Waals surface area contributed by atoms with Crippen LogP contribution >= 0.6 is 0 Å². The maximum absolute atomic E-state index is 13.8. The molecule has 38 nitrogen and oxygen atoms in total. The molecule has 0 spiro atoms. The molecule has 1 saturated carbocycles. The second kappa shape index (κ2) is 50.9. The first-order valence-electron chi connectivity index (χ1n) is 36.0. The van der Waals surface area contributed by atoms with Gasteiger partial charge in [0.15, 0.2) is 18.9 Å². The van der Waals surface area contributed by atoms with Gasteiger partial charge in [-0.3, -0.25) is 43.2 Å². The van der Waals surface area contributed by atoms with Crippen LogP contribution < -0.4 is 47.9 Å². The van der Waals surface area contributed by atoms with E-state index >= 15 is 0 Å². The van der Waals surface area contributed by atoms with E-state index in [1.807, 2.05) is 0 Å². The van der Waals surface area contributed by atoms with Crippen LogP contribution in [-0.4, -0.2) is 332 Å². The summed E-state index contributed by atoms with van der Waals surface area (Å²) in [5.41, 5.74) is 0. The summed E-state index contributed by atoms with van der Waals surface area (Å²) in [5.74, 6) is -6.81. The van der Waals surface area contributed by atoms with Gasteiger partial charge in [-0.2, -0.15) is 0 Å². The molecule has 9 amide bonds. The summed E-state index contributed by atoms with van der Waals surface area (Å²) in [6.45, 7) is 0.327. The molecule has 3 saturated heterocycles. The molecular formula is C66H117N9O29. The van der Waals surface area contributed by atoms with Crippen LogP contribution in [0.2, 0.25) is 0 Å².